The Bertz CT molecular complexity index is 689. The summed E-state index contributed by atoms with van der Waals surface area (Å²) in [6.45, 7) is 1.73. The molecule has 0 aromatic carbocycles. The van der Waals surface area contributed by atoms with E-state index in [1.807, 2.05) is 4.90 Å². The number of nitrogens with two attached hydrogens (primary N) is 1. The molecule has 0 unspecified atom stereocenters. The van der Waals surface area contributed by atoms with E-state index in [4.69, 9.17) is 5.73 Å². The molecule has 0 aliphatic carbocycles. The Labute approximate surface area is 127 Å². The Morgan fingerprint density at radius 1 is 1.45 bits per heavy atom. The molecular formula is C12H12F3N5OS. The van der Waals surface area contributed by atoms with Gasteiger partial charge in [-0.05, 0) is 17.0 Å². The summed E-state index contributed by atoms with van der Waals surface area (Å²) in [7, 11) is 0. The van der Waals surface area contributed by atoms with E-state index in [-0.39, 0.29) is 11.7 Å². The van der Waals surface area contributed by atoms with E-state index in [1.54, 1.807) is 4.68 Å². The van der Waals surface area contributed by atoms with Crippen molar-refractivity contribution >= 4 is 17.2 Å². The average molecular weight is 331 g/mol. The van der Waals surface area contributed by atoms with Gasteiger partial charge in [0.2, 0.25) is 0 Å². The number of aromatic nitrogens is 3. The quantitative estimate of drug-likeness (QED) is 0.921. The van der Waals surface area contributed by atoms with Gasteiger partial charge in [-0.15, -0.1) is 16.4 Å². The van der Waals surface area contributed by atoms with Crippen molar-refractivity contribution < 1.29 is 18.0 Å². The summed E-state index contributed by atoms with van der Waals surface area (Å²) in [6.07, 6.45) is -2.80. The van der Waals surface area contributed by atoms with Crippen LogP contribution in [0.4, 0.5) is 13.2 Å². The highest BCUT2D eigenvalue weighted by atomic mass is 32.1. The second kappa shape index (κ2) is 5.36. The lowest BCUT2D eigenvalue weighted by Crippen LogP contribution is -2.47. The van der Waals surface area contributed by atoms with Crippen molar-refractivity contribution in [3.05, 3.63) is 33.8 Å². The number of thiophene rings is 1. The molecule has 118 valence electrons. The molecule has 0 saturated carbocycles. The maximum absolute atomic E-state index is 12.5. The SMILES string of the molecule is NC(=O)c1cn(C2CN(Cc3csc(C(F)(F)F)c3)C2)nn1. The fraction of sp³-hybridized carbons (Fsp3) is 0.417. The van der Waals surface area contributed by atoms with Gasteiger partial charge in [-0.1, -0.05) is 5.21 Å². The van der Waals surface area contributed by atoms with Crippen molar-refractivity contribution in [3.63, 3.8) is 0 Å². The number of amides is 1. The molecule has 0 atom stereocenters. The molecule has 2 aromatic heterocycles. The predicted molar refractivity (Wildman–Crippen MR) is 72.2 cm³/mol. The Hall–Kier alpha value is -1.94. The van der Waals surface area contributed by atoms with Crippen LogP contribution in [0.15, 0.2) is 17.6 Å². The van der Waals surface area contributed by atoms with Gasteiger partial charge in [0.25, 0.3) is 5.91 Å². The minimum absolute atomic E-state index is 0.0568. The maximum atomic E-state index is 12.5. The monoisotopic (exact) mass is 331 g/mol. The van der Waals surface area contributed by atoms with Gasteiger partial charge >= 0.3 is 6.18 Å². The molecule has 22 heavy (non-hydrogen) atoms. The third-order valence-electron chi connectivity index (χ3n) is 3.41. The van der Waals surface area contributed by atoms with Crippen molar-refractivity contribution in [1.29, 1.82) is 0 Å². The normalized spacial score (nSPS) is 16.7. The summed E-state index contributed by atoms with van der Waals surface area (Å²) >= 11 is 0.706. The summed E-state index contributed by atoms with van der Waals surface area (Å²) in [5, 5.41) is 9.01. The number of alkyl halides is 3. The molecular weight excluding hydrogens is 319 g/mol. The third-order valence-corrected chi connectivity index (χ3v) is 4.44. The lowest BCUT2D eigenvalue weighted by atomic mass is 10.1. The van der Waals surface area contributed by atoms with Gasteiger partial charge in [0.1, 0.15) is 4.88 Å². The molecule has 6 nitrogen and oxygen atoms in total. The van der Waals surface area contributed by atoms with Gasteiger partial charge in [0.05, 0.1) is 12.2 Å². The van der Waals surface area contributed by atoms with E-state index in [9.17, 15) is 18.0 Å². The molecule has 3 rings (SSSR count). The predicted octanol–water partition coefficient (Wildman–Crippen LogP) is 1.51. The van der Waals surface area contributed by atoms with E-state index >= 15 is 0 Å². The molecule has 0 radical (unpaired) electrons. The first-order valence-electron chi connectivity index (χ1n) is 6.41. The highest BCUT2D eigenvalue weighted by molar-refractivity contribution is 7.10. The number of rotatable bonds is 4. The summed E-state index contributed by atoms with van der Waals surface area (Å²) in [4.78, 5) is 12.4. The van der Waals surface area contributed by atoms with Crippen LogP contribution < -0.4 is 5.73 Å². The number of halogens is 3. The Morgan fingerprint density at radius 2 is 2.18 bits per heavy atom. The number of primary amides is 1. The van der Waals surface area contributed by atoms with E-state index in [0.717, 1.165) is 0 Å². The molecule has 1 aliphatic rings. The van der Waals surface area contributed by atoms with Gasteiger partial charge < -0.3 is 5.73 Å². The molecule has 1 saturated heterocycles. The van der Waals surface area contributed by atoms with Crippen molar-refractivity contribution in [3.8, 4) is 0 Å². The third kappa shape index (κ3) is 2.97. The fourth-order valence-corrected chi connectivity index (χ4v) is 3.05. The number of carbonyl (C=O) groups excluding carboxylic acids is 1. The molecule has 1 aliphatic heterocycles. The van der Waals surface area contributed by atoms with Gasteiger partial charge in [0, 0.05) is 19.6 Å². The van der Waals surface area contributed by atoms with Crippen LogP contribution in [0.5, 0.6) is 0 Å². The topological polar surface area (TPSA) is 77.0 Å². The second-order valence-electron chi connectivity index (χ2n) is 5.11. The molecule has 2 aromatic rings. The second-order valence-corrected chi connectivity index (χ2v) is 6.02. The van der Waals surface area contributed by atoms with Crippen molar-refractivity contribution in [2.75, 3.05) is 13.1 Å². The average Bonchev–Trinajstić information content (AvgIpc) is 3.01. The molecule has 2 N–H and O–H groups in total. The number of hydrogen-bond acceptors (Lipinski definition) is 5. The van der Waals surface area contributed by atoms with Crippen LogP contribution in [0.1, 0.15) is 27.0 Å². The highest BCUT2D eigenvalue weighted by Crippen LogP contribution is 2.35. The molecule has 0 bridgehead atoms. The van der Waals surface area contributed by atoms with Crippen LogP contribution in [0, 0.1) is 0 Å². The zero-order chi connectivity index (χ0) is 15.9. The van der Waals surface area contributed by atoms with Crippen LogP contribution in [0.25, 0.3) is 0 Å². The standard InChI is InChI=1S/C12H12F3N5OS/c13-12(14,15)10-1-7(6-22-10)2-19-3-8(4-19)20-5-9(11(16)21)17-18-20/h1,5-6,8H,2-4H2,(H2,16,21). The Balaban J connectivity index is 1.55. The number of nitrogens with zero attached hydrogens (tertiary/aromatic N) is 4. The van der Waals surface area contributed by atoms with Crippen molar-refractivity contribution in [2.24, 2.45) is 5.73 Å². The van der Waals surface area contributed by atoms with Gasteiger partial charge in [-0.3, -0.25) is 9.69 Å². The minimum atomic E-state index is -4.29. The molecule has 1 fully saturated rings. The van der Waals surface area contributed by atoms with Crippen LogP contribution >= 0.6 is 11.3 Å². The van der Waals surface area contributed by atoms with E-state index < -0.39 is 17.0 Å². The van der Waals surface area contributed by atoms with Crippen LogP contribution in [0.2, 0.25) is 0 Å². The number of carbonyl (C=O) groups is 1. The summed E-state index contributed by atoms with van der Waals surface area (Å²) in [5.41, 5.74) is 5.85. The lowest BCUT2D eigenvalue weighted by molar-refractivity contribution is -0.134. The number of hydrogen-bond donors (Lipinski definition) is 1. The lowest BCUT2D eigenvalue weighted by Gasteiger charge is -2.38. The largest absolute Gasteiger partial charge is 0.425 e. The first-order valence-corrected chi connectivity index (χ1v) is 7.29. The van der Waals surface area contributed by atoms with Gasteiger partial charge in [0.15, 0.2) is 5.69 Å². The zero-order valence-electron chi connectivity index (χ0n) is 11.2. The zero-order valence-corrected chi connectivity index (χ0v) is 12.1. The van der Waals surface area contributed by atoms with Crippen LogP contribution in [0.3, 0.4) is 0 Å². The summed E-state index contributed by atoms with van der Waals surface area (Å²) in [6, 6.07) is 1.24. The van der Waals surface area contributed by atoms with Crippen molar-refractivity contribution in [1.82, 2.24) is 19.9 Å². The Morgan fingerprint density at radius 3 is 2.73 bits per heavy atom. The smallest absolute Gasteiger partial charge is 0.364 e. The van der Waals surface area contributed by atoms with Gasteiger partial charge in [-0.25, -0.2) is 4.68 Å². The minimum Gasteiger partial charge on any atom is -0.364 e. The first kappa shape index (κ1) is 15.0. The maximum Gasteiger partial charge on any atom is 0.425 e. The van der Waals surface area contributed by atoms with Crippen LogP contribution in [-0.2, 0) is 12.7 Å². The molecule has 10 heteroatoms. The highest BCUT2D eigenvalue weighted by Gasteiger charge is 2.34. The summed E-state index contributed by atoms with van der Waals surface area (Å²) < 4.78 is 39.1. The van der Waals surface area contributed by atoms with E-state index in [0.29, 0.717) is 36.5 Å². The van der Waals surface area contributed by atoms with Crippen LogP contribution in [-0.4, -0.2) is 38.9 Å². The molecule has 1 amide bonds. The fourth-order valence-electron chi connectivity index (χ4n) is 2.27. The van der Waals surface area contributed by atoms with Crippen molar-refractivity contribution in [2.45, 2.75) is 18.8 Å². The van der Waals surface area contributed by atoms with Gasteiger partial charge in [-0.2, -0.15) is 13.2 Å². The number of likely N-dealkylation sites (tertiary alicyclic amines) is 1. The van der Waals surface area contributed by atoms with E-state index in [2.05, 4.69) is 10.3 Å². The Kier molecular flexibility index (Phi) is 3.65. The first-order chi connectivity index (χ1) is 10.3. The summed E-state index contributed by atoms with van der Waals surface area (Å²) in [5.74, 6) is -0.639. The molecule has 0 spiro atoms. The van der Waals surface area contributed by atoms with E-state index in [1.165, 1.54) is 17.6 Å². The molecule has 3 heterocycles.